The summed E-state index contributed by atoms with van der Waals surface area (Å²) < 4.78 is 0. The van der Waals surface area contributed by atoms with E-state index in [1.807, 2.05) is 0 Å². The minimum atomic E-state index is -0.705. The van der Waals surface area contributed by atoms with E-state index in [4.69, 9.17) is 0 Å². The first-order chi connectivity index (χ1) is 7.20. The van der Waals surface area contributed by atoms with Crippen molar-refractivity contribution >= 4 is 6.29 Å². The molecule has 0 aliphatic heterocycles. The lowest BCUT2D eigenvalue weighted by molar-refractivity contribution is -0.104. The zero-order valence-corrected chi connectivity index (χ0v) is 9.61. The van der Waals surface area contributed by atoms with E-state index in [2.05, 4.69) is 6.92 Å². The number of unbranched alkanes of at least 4 members (excludes halogenated alkanes) is 1. The number of carbonyl (C=O) groups excluding carboxylic acids is 1. The van der Waals surface area contributed by atoms with Gasteiger partial charge in [0, 0.05) is 0 Å². The maximum Gasteiger partial charge on any atom is 0.142 e. The Morgan fingerprint density at radius 1 is 1.40 bits per heavy atom. The van der Waals surface area contributed by atoms with Crippen molar-refractivity contribution in [2.24, 2.45) is 5.92 Å². The van der Waals surface area contributed by atoms with Crippen LogP contribution >= 0.6 is 0 Å². The number of aldehydes is 1. The fourth-order valence-corrected chi connectivity index (χ4v) is 2.34. The zero-order chi connectivity index (χ0) is 11.1. The van der Waals surface area contributed by atoms with E-state index in [0.29, 0.717) is 0 Å². The number of rotatable bonds is 5. The van der Waals surface area contributed by atoms with E-state index < -0.39 is 5.60 Å². The molecule has 0 unspecified atom stereocenters. The second-order valence-corrected chi connectivity index (χ2v) is 4.68. The van der Waals surface area contributed by atoms with Crippen LogP contribution in [-0.4, -0.2) is 17.0 Å². The zero-order valence-electron chi connectivity index (χ0n) is 9.61. The molecule has 0 saturated heterocycles. The largest absolute Gasteiger partial charge is 0.386 e. The summed E-state index contributed by atoms with van der Waals surface area (Å²) in [6, 6.07) is 0. The van der Waals surface area contributed by atoms with Gasteiger partial charge in [-0.25, -0.2) is 0 Å². The summed E-state index contributed by atoms with van der Waals surface area (Å²) >= 11 is 0. The molecule has 1 fully saturated rings. The van der Waals surface area contributed by atoms with Gasteiger partial charge >= 0.3 is 0 Å². The Morgan fingerprint density at radius 3 is 2.60 bits per heavy atom. The Morgan fingerprint density at radius 2 is 2.07 bits per heavy atom. The van der Waals surface area contributed by atoms with Gasteiger partial charge in [0.05, 0.1) is 5.60 Å². The predicted octanol–water partition coefficient (Wildman–Crippen LogP) is 2.85. The Balaban J connectivity index is 2.33. The van der Waals surface area contributed by atoms with Crippen LogP contribution in [0.15, 0.2) is 12.2 Å². The molecule has 0 bridgehead atoms. The number of hydrogen-bond acceptors (Lipinski definition) is 2. The van der Waals surface area contributed by atoms with Crippen LogP contribution in [0.3, 0.4) is 0 Å². The molecule has 1 aliphatic carbocycles. The maximum absolute atomic E-state index is 10.2. The van der Waals surface area contributed by atoms with Gasteiger partial charge in [-0.05, 0) is 43.8 Å². The highest BCUT2D eigenvalue weighted by Crippen LogP contribution is 2.35. The molecule has 1 aliphatic rings. The standard InChI is InChI=1S/C13H22O2/c1-2-3-5-12-6-9-13(15,10-7-12)8-4-11-14/h4,8,11-12,15H,2-3,5-7,9-10H2,1H3. The van der Waals surface area contributed by atoms with Gasteiger partial charge in [0.2, 0.25) is 0 Å². The van der Waals surface area contributed by atoms with Crippen molar-refractivity contribution in [3.63, 3.8) is 0 Å². The number of allylic oxidation sites excluding steroid dienone is 1. The fraction of sp³-hybridized carbons (Fsp3) is 0.769. The summed E-state index contributed by atoms with van der Waals surface area (Å²) in [5.74, 6) is 0.787. The van der Waals surface area contributed by atoms with E-state index in [1.54, 1.807) is 6.08 Å². The Labute approximate surface area is 92.4 Å². The highest BCUT2D eigenvalue weighted by Gasteiger charge is 2.30. The Kier molecular flexibility index (Phi) is 5.03. The maximum atomic E-state index is 10.2. The number of aliphatic hydroxyl groups is 1. The Hall–Kier alpha value is -0.630. The molecule has 0 heterocycles. The van der Waals surface area contributed by atoms with Gasteiger partial charge in [0.1, 0.15) is 6.29 Å². The molecule has 0 aromatic heterocycles. The third kappa shape index (κ3) is 4.17. The lowest BCUT2D eigenvalue weighted by Gasteiger charge is -2.33. The van der Waals surface area contributed by atoms with Crippen LogP contribution in [0, 0.1) is 5.92 Å². The van der Waals surface area contributed by atoms with Crippen LogP contribution in [0.1, 0.15) is 51.9 Å². The molecule has 0 amide bonds. The molecule has 86 valence electrons. The molecule has 0 radical (unpaired) electrons. The molecule has 2 heteroatoms. The average molecular weight is 210 g/mol. The van der Waals surface area contributed by atoms with Crippen LogP contribution < -0.4 is 0 Å². The summed E-state index contributed by atoms with van der Waals surface area (Å²) in [5.41, 5.74) is -0.705. The molecule has 0 atom stereocenters. The van der Waals surface area contributed by atoms with Crippen molar-refractivity contribution in [2.45, 2.75) is 57.5 Å². The second kappa shape index (κ2) is 6.06. The third-order valence-corrected chi connectivity index (χ3v) is 3.42. The minimum Gasteiger partial charge on any atom is -0.386 e. The predicted molar refractivity (Wildman–Crippen MR) is 61.6 cm³/mol. The van der Waals surface area contributed by atoms with E-state index in [-0.39, 0.29) is 0 Å². The van der Waals surface area contributed by atoms with E-state index in [1.165, 1.54) is 25.3 Å². The van der Waals surface area contributed by atoms with Gasteiger partial charge in [-0.15, -0.1) is 0 Å². The summed E-state index contributed by atoms with van der Waals surface area (Å²) in [7, 11) is 0. The molecule has 0 spiro atoms. The highest BCUT2D eigenvalue weighted by atomic mass is 16.3. The molecule has 15 heavy (non-hydrogen) atoms. The first-order valence-electron chi connectivity index (χ1n) is 6.05. The molecule has 1 N–H and O–H groups in total. The fourth-order valence-electron chi connectivity index (χ4n) is 2.34. The minimum absolute atomic E-state index is 0.705. The van der Waals surface area contributed by atoms with Gasteiger partial charge in [0.25, 0.3) is 0 Å². The summed E-state index contributed by atoms with van der Waals surface area (Å²) in [6.07, 6.45) is 11.5. The van der Waals surface area contributed by atoms with Gasteiger partial charge in [-0.1, -0.05) is 26.2 Å². The van der Waals surface area contributed by atoms with E-state index in [9.17, 15) is 9.90 Å². The normalized spacial score (nSPS) is 32.0. The number of hydrogen-bond donors (Lipinski definition) is 1. The Bertz CT molecular complexity index is 213. The van der Waals surface area contributed by atoms with Gasteiger partial charge in [-0.3, -0.25) is 4.79 Å². The second-order valence-electron chi connectivity index (χ2n) is 4.68. The van der Waals surface area contributed by atoms with Crippen LogP contribution in [0.25, 0.3) is 0 Å². The van der Waals surface area contributed by atoms with Gasteiger partial charge < -0.3 is 5.11 Å². The van der Waals surface area contributed by atoms with Gasteiger partial charge in [-0.2, -0.15) is 0 Å². The number of carbonyl (C=O) groups is 1. The van der Waals surface area contributed by atoms with Crippen LogP contribution in [-0.2, 0) is 4.79 Å². The summed E-state index contributed by atoms with van der Waals surface area (Å²) in [5, 5.41) is 10.1. The summed E-state index contributed by atoms with van der Waals surface area (Å²) in [6.45, 7) is 2.21. The van der Waals surface area contributed by atoms with Crippen molar-refractivity contribution in [3.8, 4) is 0 Å². The van der Waals surface area contributed by atoms with Gasteiger partial charge in [0.15, 0.2) is 0 Å². The monoisotopic (exact) mass is 210 g/mol. The van der Waals surface area contributed by atoms with Crippen molar-refractivity contribution in [3.05, 3.63) is 12.2 Å². The highest BCUT2D eigenvalue weighted by molar-refractivity contribution is 5.65. The van der Waals surface area contributed by atoms with Crippen LogP contribution in [0.2, 0.25) is 0 Å². The first kappa shape index (κ1) is 12.4. The molecular formula is C13H22O2. The van der Waals surface area contributed by atoms with Crippen molar-refractivity contribution < 1.29 is 9.90 Å². The SMILES string of the molecule is CCCCC1CCC(O)(C=CC=O)CC1. The topological polar surface area (TPSA) is 37.3 Å². The quantitative estimate of drug-likeness (QED) is 0.559. The van der Waals surface area contributed by atoms with Crippen LogP contribution in [0.4, 0.5) is 0 Å². The lowest BCUT2D eigenvalue weighted by Crippen LogP contribution is -2.31. The molecule has 1 rings (SSSR count). The molecular weight excluding hydrogens is 188 g/mol. The van der Waals surface area contributed by atoms with Crippen molar-refractivity contribution in [1.82, 2.24) is 0 Å². The van der Waals surface area contributed by atoms with Crippen molar-refractivity contribution in [2.75, 3.05) is 0 Å². The first-order valence-corrected chi connectivity index (χ1v) is 6.05. The summed E-state index contributed by atoms with van der Waals surface area (Å²) in [4.78, 5) is 10.2. The average Bonchev–Trinajstić information content (AvgIpc) is 2.26. The van der Waals surface area contributed by atoms with Crippen molar-refractivity contribution in [1.29, 1.82) is 0 Å². The molecule has 2 nitrogen and oxygen atoms in total. The molecule has 0 aromatic rings. The molecule has 0 aromatic carbocycles. The lowest BCUT2D eigenvalue weighted by atomic mass is 9.77. The van der Waals surface area contributed by atoms with E-state index >= 15 is 0 Å². The van der Waals surface area contributed by atoms with Crippen LogP contribution in [0.5, 0.6) is 0 Å². The third-order valence-electron chi connectivity index (χ3n) is 3.42. The smallest absolute Gasteiger partial charge is 0.142 e. The molecule has 1 saturated carbocycles. The van der Waals surface area contributed by atoms with E-state index in [0.717, 1.165) is 37.9 Å².